The normalized spacial score (nSPS) is 11.2. The predicted octanol–water partition coefficient (Wildman–Crippen LogP) is 3.64. The number of unbranched alkanes of at least 4 members (excludes halogenated alkanes) is 1. The number of anilines is 1. The maximum atomic E-state index is 13.1. The van der Waals surface area contributed by atoms with Gasteiger partial charge in [0.05, 0.1) is 17.7 Å². The van der Waals surface area contributed by atoms with Crippen LogP contribution in [0.2, 0.25) is 0 Å². The molecule has 0 spiro atoms. The summed E-state index contributed by atoms with van der Waals surface area (Å²) in [5.74, 6) is 0.876. The molecule has 0 atom stereocenters. The van der Waals surface area contributed by atoms with Gasteiger partial charge < -0.3 is 20.4 Å². The van der Waals surface area contributed by atoms with Crippen LogP contribution in [0, 0.1) is 5.92 Å². The third-order valence-corrected chi connectivity index (χ3v) is 4.42. The molecule has 0 aliphatic rings. The van der Waals surface area contributed by atoms with Gasteiger partial charge in [-0.15, -0.1) is 0 Å². The van der Waals surface area contributed by atoms with E-state index in [1.807, 2.05) is 6.07 Å². The molecule has 3 N–H and O–H groups in total. The number of nitrogens with two attached hydrogens (primary N) is 1. The molecule has 1 aromatic heterocycles. The van der Waals surface area contributed by atoms with Gasteiger partial charge in [0.15, 0.2) is 0 Å². The standard InChI is InChI=1S/C21H31N3O3/c1-5-7-10-27-20-17-11-15(23-19(25)6-2)8-9-16(17)21(26)24(13-14(3)4)18(20)12-22/h8-9,11,14H,5-7,10,12-13,22H2,1-4H3,(H,23,25). The fourth-order valence-electron chi connectivity index (χ4n) is 3.03. The van der Waals surface area contributed by atoms with Gasteiger partial charge in [-0.2, -0.15) is 0 Å². The Morgan fingerprint density at radius 3 is 2.59 bits per heavy atom. The summed E-state index contributed by atoms with van der Waals surface area (Å²) >= 11 is 0. The zero-order chi connectivity index (χ0) is 20.0. The summed E-state index contributed by atoms with van der Waals surface area (Å²) in [7, 11) is 0. The van der Waals surface area contributed by atoms with E-state index in [-0.39, 0.29) is 18.0 Å². The number of hydrogen-bond donors (Lipinski definition) is 2. The van der Waals surface area contributed by atoms with Gasteiger partial charge in [-0.25, -0.2) is 0 Å². The first-order chi connectivity index (χ1) is 12.9. The van der Waals surface area contributed by atoms with Gasteiger partial charge in [0.25, 0.3) is 5.56 Å². The first-order valence-electron chi connectivity index (χ1n) is 9.75. The predicted molar refractivity (Wildman–Crippen MR) is 110 cm³/mol. The minimum Gasteiger partial charge on any atom is -0.491 e. The number of carbonyl (C=O) groups is 1. The maximum absolute atomic E-state index is 13.1. The average molecular weight is 373 g/mol. The molecule has 1 aromatic carbocycles. The number of fused-ring (bicyclic) bond motifs is 1. The van der Waals surface area contributed by atoms with Crippen molar-refractivity contribution < 1.29 is 9.53 Å². The molecule has 0 radical (unpaired) electrons. The minimum absolute atomic E-state index is 0.0737. The summed E-state index contributed by atoms with van der Waals surface area (Å²) in [6.07, 6.45) is 2.32. The van der Waals surface area contributed by atoms with Crippen LogP contribution in [-0.2, 0) is 17.9 Å². The number of amides is 1. The quantitative estimate of drug-likeness (QED) is 0.657. The Morgan fingerprint density at radius 2 is 2.00 bits per heavy atom. The number of pyridine rings is 1. The van der Waals surface area contributed by atoms with E-state index in [4.69, 9.17) is 10.5 Å². The summed E-state index contributed by atoms with van der Waals surface area (Å²) in [4.78, 5) is 24.8. The zero-order valence-corrected chi connectivity index (χ0v) is 16.8. The van der Waals surface area contributed by atoms with Gasteiger partial charge in [0.1, 0.15) is 5.75 Å². The Balaban J connectivity index is 2.69. The Bertz CT molecular complexity index is 856. The second-order valence-electron chi connectivity index (χ2n) is 7.15. The van der Waals surface area contributed by atoms with E-state index in [9.17, 15) is 9.59 Å². The highest BCUT2D eigenvalue weighted by molar-refractivity contribution is 5.96. The van der Waals surface area contributed by atoms with E-state index in [0.29, 0.717) is 53.4 Å². The number of benzene rings is 1. The highest BCUT2D eigenvalue weighted by atomic mass is 16.5. The van der Waals surface area contributed by atoms with Crippen LogP contribution >= 0.6 is 0 Å². The zero-order valence-electron chi connectivity index (χ0n) is 16.8. The Morgan fingerprint density at radius 1 is 1.26 bits per heavy atom. The SMILES string of the molecule is CCCCOc1c(CN)n(CC(C)C)c(=O)c2ccc(NC(=O)CC)cc12. The molecule has 0 aliphatic heterocycles. The van der Waals surface area contributed by atoms with E-state index in [2.05, 4.69) is 26.1 Å². The fraction of sp³-hybridized carbons (Fsp3) is 0.524. The van der Waals surface area contributed by atoms with Crippen LogP contribution in [0.5, 0.6) is 5.75 Å². The summed E-state index contributed by atoms with van der Waals surface area (Å²) in [6, 6.07) is 5.33. The fourth-order valence-corrected chi connectivity index (χ4v) is 3.03. The van der Waals surface area contributed by atoms with Crippen molar-refractivity contribution in [1.82, 2.24) is 4.57 Å². The number of carbonyl (C=O) groups excluding carboxylic acids is 1. The lowest BCUT2D eigenvalue weighted by molar-refractivity contribution is -0.115. The van der Waals surface area contributed by atoms with Crippen molar-refractivity contribution in [3.63, 3.8) is 0 Å². The molecule has 0 bridgehead atoms. The molecule has 0 saturated carbocycles. The monoisotopic (exact) mass is 373 g/mol. The van der Waals surface area contributed by atoms with Crippen LogP contribution in [-0.4, -0.2) is 17.1 Å². The van der Waals surface area contributed by atoms with Crippen molar-refractivity contribution in [3.05, 3.63) is 34.2 Å². The maximum Gasteiger partial charge on any atom is 0.258 e. The lowest BCUT2D eigenvalue weighted by Crippen LogP contribution is -2.28. The Hall–Kier alpha value is -2.34. The molecule has 2 rings (SSSR count). The summed E-state index contributed by atoms with van der Waals surface area (Å²) in [5, 5.41) is 4.12. The third-order valence-electron chi connectivity index (χ3n) is 4.42. The molecule has 0 aliphatic carbocycles. The van der Waals surface area contributed by atoms with Gasteiger partial charge in [0.2, 0.25) is 5.91 Å². The van der Waals surface area contributed by atoms with Gasteiger partial charge in [0, 0.05) is 30.6 Å². The van der Waals surface area contributed by atoms with E-state index in [0.717, 1.165) is 12.8 Å². The molecule has 1 amide bonds. The molecule has 148 valence electrons. The molecule has 0 saturated heterocycles. The van der Waals surface area contributed by atoms with Crippen LogP contribution in [0.4, 0.5) is 5.69 Å². The topological polar surface area (TPSA) is 86.3 Å². The van der Waals surface area contributed by atoms with Gasteiger partial charge in [-0.05, 0) is 30.5 Å². The lowest BCUT2D eigenvalue weighted by atomic mass is 10.1. The summed E-state index contributed by atoms with van der Waals surface area (Å²) in [6.45, 7) is 9.39. The minimum atomic E-state index is -0.0741. The van der Waals surface area contributed by atoms with Gasteiger partial charge >= 0.3 is 0 Å². The second kappa shape index (κ2) is 9.55. The molecule has 6 nitrogen and oxygen atoms in total. The third kappa shape index (κ3) is 4.89. The van der Waals surface area contributed by atoms with Crippen molar-refractivity contribution in [2.75, 3.05) is 11.9 Å². The van der Waals surface area contributed by atoms with Crippen molar-refractivity contribution in [2.24, 2.45) is 11.7 Å². The van der Waals surface area contributed by atoms with Crippen molar-refractivity contribution in [3.8, 4) is 5.75 Å². The number of hydrogen-bond acceptors (Lipinski definition) is 4. The number of nitrogens with zero attached hydrogens (tertiary/aromatic N) is 1. The van der Waals surface area contributed by atoms with E-state index in [1.54, 1.807) is 23.6 Å². The average Bonchev–Trinajstić information content (AvgIpc) is 2.64. The van der Waals surface area contributed by atoms with Gasteiger partial charge in [-0.3, -0.25) is 9.59 Å². The van der Waals surface area contributed by atoms with Crippen molar-refractivity contribution in [1.29, 1.82) is 0 Å². The molecule has 27 heavy (non-hydrogen) atoms. The Labute approximate surface area is 160 Å². The molecule has 0 unspecified atom stereocenters. The Kier molecular flexibility index (Phi) is 7.42. The van der Waals surface area contributed by atoms with Gasteiger partial charge in [-0.1, -0.05) is 34.1 Å². The van der Waals surface area contributed by atoms with Crippen LogP contribution < -0.4 is 21.3 Å². The number of nitrogens with one attached hydrogen (secondary N) is 1. The van der Waals surface area contributed by atoms with Crippen molar-refractivity contribution >= 4 is 22.4 Å². The van der Waals surface area contributed by atoms with Crippen molar-refractivity contribution in [2.45, 2.75) is 60.0 Å². The first kappa shape index (κ1) is 21.0. The van der Waals surface area contributed by atoms with Crippen LogP contribution in [0.15, 0.2) is 23.0 Å². The number of ether oxygens (including phenoxy) is 1. The van der Waals surface area contributed by atoms with Crippen LogP contribution in [0.3, 0.4) is 0 Å². The molecular formula is C21H31N3O3. The van der Waals surface area contributed by atoms with Crippen LogP contribution in [0.25, 0.3) is 10.8 Å². The second-order valence-corrected chi connectivity index (χ2v) is 7.15. The molecule has 1 heterocycles. The summed E-state index contributed by atoms with van der Waals surface area (Å²) in [5.41, 5.74) is 7.30. The first-order valence-corrected chi connectivity index (χ1v) is 9.75. The highest BCUT2D eigenvalue weighted by Gasteiger charge is 2.18. The lowest BCUT2D eigenvalue weighted by Gasteiger charge is -2.21. The molecule has 0 fully saturated rings. The summed E-state index contributed by atoms with van der Waals surface area (Å²) < 4.78 is 7.83. The molecular weight excluding hydrogens is 342 g/mol. The van der Waals surface area contributed by atoms with Crippen LogP contribution in [0.1, 0.15) is 52.7 Å². The van der Waals surface area contributed by atoms with E-state index >= 15 is 0 Å². The number of aromatic nitrogens is 1. The highest BCUT2D eigenvalue weighted by Crippen LogP contribution is 2.31. The van der Waals surface area contributed by atoms with E-state index < -0.39 is 0 Å². The molecule has 6 heteroatoms. The molecule has 2 aromatic rings. The number of rotatable bonds is 9. The smallest absolute Gasteiger partial charge is 0.258 e. The largest absolute Gasteiger partial charge is 0.491 e. The van der Waals surface area contributed by atoms with E-state index in [1.165, 1.54) is 0 Å².